The number of aliphatic hydroxyl groups excluding tert-OH is 1. The molecule has 0 fully saturated rings. The molecule has 0 aromatic carbocycles. The third-order valence-electron chi connectivity index (χ3n) is 3.39. The Bertz CT molecular complexity index is 301. The van der Waals surface area contributed by atoms with E-state index in [1.807, 2.05) is 18.2 Å². The van der Waals surface area contributed by atoms with Crippen LogP contribution < -0.4 is 56.5 Å². The minimum absolute atomic E-state index is 0. The molecule has 0 heterocycles. The standard InChI is InChI=1S/C18H32O3.K/c1-2-3-4-8-11-14-17(19)15-12-9-6-5-7-10-13-16-18(20)21;/h11-12,14-15,17,19H,2-10,13,16H2,1H3,(H,20,21);/q;+1/p-1/b14-11-,15-12-;. The number of aliphatic hydroxyl groups is 1. The van der Waals surface area contributed by atoms with Crippen molar-refractivity contribution in [1.82, 2.24) is 0 Å². The summed E-state index contributed by atoms with van der Waals surface area (Å²) in [5.41, 5.74) is 0. The fourth-order valence-corrected chi connectivity index (χ4v) is 2.11. The van der Waals surface area contributed by atoms with Gasteiger partial charge in [-0.25, -0.2) is 0 Å². The SMILES string of the molecule is CCCCC/C=C\C(O)/C=C\CCCCCCCC(=O)[O-].[K+]. The summed E-state index contributed by atoms with van der Waals surface area (Å²) in [5.74, 6) is -0.949. The molecular formula is C18H31KO3. The molecule has 0 saturated carbocycles. The molecule has 1 N–H and O–H groups in total. The predicted molar refractivity (Wildman–Crippen MR) is 85.8 cm³/mol. The molecule has 0 rings (SSSR count). The van der Waals surface area contributed by atoms with Crippen LogP contribution in [0, 0.1) is 0 Å². The Hall–Kier alpha value is 0.546. The molecule has 0 amide bonds. The Labute approximate surface area is 178 Å². The summed E-state index contributed by atoms with van der Waals surface area (Å²) in [4.78, 5) is 10.2. The molecule has 122 valence electrons. The molecule has 0 aromatic rings. The second-order valence-electron chi connectivity index (χ2n) is 5.52. The molecule has 0 spiro atoms. The Morgan fingerprint density at radius 1 is 0.955 bits per heavy atom. The number of carbonyl (C=O) groups excluding carboxylic acids is 1. The molecule has 1 atom stereocenters. The summed E-state index contributed by atoms with van der Waals surface area (Å²) in [6, 6.07) is 0. The molecule has 0 bridgehead atoms. The average molecular weight is 335 g/mol. The van der Waals surface area contributed by atoms with Gasteiger partial charge >= 0.3 is 51.4 Å². The Kier molecular flexibility index (Phi) is 22.1. The van der Waals surface area contributed by atoms with Gasteiger partial charge in [0, 0.05) is 5.97 Å². The summed E-state index contributed by atoms with van der Waals surface area (Å²) < 4.78 is 0. The van der Waals surface area contributed by atoms with E-state index < -0.39 is 12.1 Å². The van der Waals surface area contributed by atoms with Gasteiger partial charge in [0.1, 0.15) is 0 Å². The maximum absolute atomic E-state index is 10.2. The minimum atomic E-state index is -0.949. The number of carbonyl (C=O) groups is 1. The number of aliphatic carboxylic acids is 1. The summed E-state index contributed by atoms with van der Waals surface area (Å²) >= 11 is 0. The fraction of sp³-hybridized carbons (Fsp3) is 0.722. The first-order valence-corrected chi connectivity index (χ1v) is 8.38. The van der Waals surface area contributed by atoms with E-state index in [1.54, 1.807) is 0 Å². The summed E-state index contributed by atoms with van der Waals surface area (Å²) in [6.45, 7) is 2.19. The molecule has 0 radical (unpaired) electrons. The van der Waals surface area contributed by atoms with Gasteiger partial charge in [-0.05, 0) is 38.5 Å². The van der Waals surface area contributed by atoms with Crippen molar-refractivity contribution in [2.45, 2.75) is 83.7 Å². The first kappa shape index (κ1) is 24.8. The van der Waals surface area contributed by atoms with Gasteiger partial charge in [0.05, 0.1) is 6.10 Å². The van der Waals surface area contributed by atoms with Crippen LogP contribution in [0.15, 0.2) is 24.3 Å². The molecule has 0 aliphatic carbocycles. The van der Waals surface area contributed by atoms with Crippen LogP contribution >= 0.6 is 0 Å². The second-order valence-corrected chi connectivity index (χ2v) is 5.52. The van der Waals surface area contributed by atoms with Crippen molar-refractivity contribution in [2.75, 3.05) is 0 Å². The van der Waals surface area contributed by atoms with Crippen LogP contribution in [0.5, 0.6) is 0 Å². The van der Waals surface area contributed by atoms with Crippen LogP contribution in [0.3, 0.4) is 0 Å². The molecule has 3 nitrogen and oxygen atoms in total. The number of hydrogen-bond donors (Lipinski definition) is 1. The van der Waals surface area contributed by atoms with Crippen molar-refractivity contribution in [2.24, 2.45) is 0 Å². The van der Waals surface area contributed by atoms with Crippen molar-refractivity contribution < 1.29 is 66.4 Å². The van der Waals surface area contributed by atoms with E-state index in [0.717, 1.165) is 44.9 Å². The Morgan fingerprint density at radius 3 is 2.00 bits per heavy atom. The number of carboxylic acids is 1. The molecule has 4 heteroatoms. The minimum Gasteiger partial charge on any atom is -0.550 e. The zero-order chi connectivity index (χ0) is 15.8. The van der Waals surface area contributed by atoms with E-state index >= 15 is 0 Å². The van der Waals surface area contributed by atoms with Gasteiger partial charge in [-0.15, -0.1) is 0 Å². The quantitative estimate of drug-likeness (QED) is 0.286. The summed E-state index contributed by atoms with van der Waals surface area (Å²) in [5, 5.41) is 19.9. The van der Waals surface area contributed by atoms with E-state index in [-0.39, 0.29) is 57.8 Å². The molecule has 1 unspecified atom stereocenters. The maximum Gasteiger partial charge on any atom is 1.00 e. The number of carboxylic acid groups (broad SMARTS) is 1. The van der Waals surface area contributed by atoms with Crippen molar-refractivity contribution in [3.05, 3.63) is 24.3 Å². The third-order valence-corrected chi connectivity index (χ3v) is 3.39. The van der Waals surface area contributed by atoms with Gasteiger partial charge in [0.25, 0.3) is 0 Å². The normalized spacial score (nSPS) is 12.6. The Balaban J connectivity index is 0. The fourth-order valence-electron chi connectivity index (χ4n) is 2.11. The van der Waals surface area contributed by atoms with E-state index in [1.165, 1.54) is 19.3 Å². The van der Waals surface area contributed by atoms with Gasteiger partial charge in [-0.2, -0.15) is 0 Å². The van der Waals surface area contributed by atoms with Crippen molar-refractivity contribution >= 4 is 5.97 Å². The third kappa shape index (κ3) is 20.5. The largest absolute Gasteiger partial charge is 1.00 e. The maximum atomic E-state index is 10.2. The summed E-state index contributed by atoms with van der Waals surface area (Å²) in [7, 11) is 0. The number of hydrogen-bond acceptors (Lipinski definition) is 3. The van der Waals surface area contributed by atoms with E-state index in [4.69, 9.17) is 0 Å². The van der Waals surface area contributed by atoms with Crippen LogP contribution in [0.25, 0.3) is 0 Å². The van der Waals surface area contributed by atoms with Gasteiger partial charge < -0.3 is 15.0 Å². The van der Waals surface area contributed by atoms with Crippen LogP contribution in [0.4, 0.5) is 0 Å². The Morgan fingerprint density at radius 2 is 1.45 bits per heavy atom. The second kappa shape index (κ2) is 19.6. The molecular weight excluding hydrogens is 303 g/mol. The smallest absolute Gasteiger partial charge is 0.550 e. The van der Waals surface area contributed by atoms with Crippen LogP contribution in [-0.2, 0) is 4.79 Å². The molecule has 0 aliphatic heterocycles. The van der Waals surface area contributed by atoms with Gasteiger partial charge in [-0.3, -0.25) is 0 Å². The van der Waals surface area contributed by atoms with Crippen molar-refractivity contribution in [3.63, 3.8) is 0 Å². The monoisotopic (exact) mass is 334 g/mol. The first-order chi connectivity index (χ1) is 10.2. The predicted octanol–water partition coefficient (Wildman–Crippen LogP) is 0.525. The molecule has 0 aromatic heterocycles. The number of allylic oxidation sites excluding steroid dienone is 2. The van der Waals surface area contributed by atoms with Gasteiger partial charge in [-0.1, -0.05) is 63.3 Å². The van der Waals surface area contributed by atoms with Crippen molar-refractivity contribution in [1.29, 1.82) is 0 Å². The number of unbranched alkanes of at least 4 members (excludes halogenated alkanes) is 8. The zero-order valence-corrected chi connectivity index (χ0v) is 17.6. The van der Waals surface area contributed by atoms with Crippen molar-refractivity contribution in [3.8, 4) is 0 Å². The number of rotatable bonds is 14. The van der Waals surface area contributed by atoms with E-state index in [2.05, 4.69) is 13.0 Å². The average Bonchev–Trinajstić information content (AvgIpc) is 2.45. The van der Waals surface area contributed by atoms with E-state index in [0.29, 0.717) is 0 Å². The first-order valence-electron chi connectivity index (χ1n) is 8.38. The van der Waals surface area contributed by atoms with Crippen LogP contribution in [0.1, 0.15) is 77.6 Å². The van der Waals surface area contributed by atoms with E-state index in [9.17, 15) is 15.0 Å². The molecule has 0 saturated heterocycles. The van der Waals surface area contributed by atoms with Gasteiger partial charge in [0.15, 0.2) is 0 Å². The topological polar surface area (TPSA) is 60.4 Å². The zero-order valence-electron chi connectivity index (χ0n) is 14.4. The van der Waals surface area contributed by atoms with Crippen LogP contribution in [0.2, 0.25) is 0 Å². The van der Waals surface area contributed by atoms with Gasteiger partial charge in [0.2, 0.25) is 0 Å². The van der Waals surface area contributed by atoms with Crippen LogP contribution in [-0.4, -0.2) is 17.2 Å². The summed E-state index contributed by atoms with van der Waals surface area (Å²) in [6.07, 6.45) is 18.1. The molecule has 0 aliphatic rings. The molecule has 22 heavy (non-hydrogen) atoms.